The quantitative estimate of drug-likeness (QED) is 0.614. The number of carbonyl (C=O) groups excluding carboxylic acids is 1. The molecule has 0 saturated heterocycles. The molecule has 0 aliphatic heterocycles. The van der Waals surface area contributed by atoms with Crippen molar-refractivity contribution in [3.63, 3.8) is 0 Å². The first kappa shape index (κ1) is 18.4. The van der Waals surface area contributed by atoms with E-state index in [0.717, 1.165) is 17.8 Å². The Balaban J connectivity index is 2.31. The van der Waals surface area contributed by atoms with Gasteiger partial charge in [0.1, 0.15) is 5.56 Å². The highest BCUT2D eigenvalue weighted by molar-refractivity contribution is 7.13. The summed E-state index contributed by atoms with van der Waals surface area (Å²) in [6, 6.07) is 2.04. The van der Waals surface area contributed by atoms with Crippen LogP contribution < -0.4 is 5.32 Å². The molecule has 1 heterocycles. The number of thiazole rings is 1. The molecule has 132 valence electrons. The number of nitrogens with zero attached hydrogens (tertiary/aromatic N) is 4. The topological polar surface area (TPSA) is 132 Å². The molecule has 0 fully saturated rings. The van der Waals surface area contributed by atoms with Crippen LogP contribution in [0.1, 0.15) is 21.6 Å². The molecule has 0 unspecified atom stereocenters. The lowest BCUT2D eigenvalue weighted by molar-refractivity contribution is -0.395. The van der Waals surface area contributed by atoms with Crippen molar-refractivity contribution < 1.29 is 14.6 Å². The molecule has 0 spiro atoms. The zero-order valence-electron chi connectivity index (χ0n) is 13.7. The third-order valence-corrected chi connectivity index (χ3v) is 4.07. The van der Waals surface area contributed by atoms with Crippen LogP contribution >= 0.6 is 11.3 Å². The number of anilines is 1. The molecule has 2 rings (SSSR count). The van der Waals surface area contributed by atoms with Crippen molar-refractivity contribution in [3.05, 3.63) is 54.6 Å². The summed E-state index contributed by atoms with van der Waals surface area (Å²) in [5.74, 6) is -0.697. The third kappa shape index (κ3) is 4.33. The lowest BCUT2D eigenvalue weighted by Gasteiger charge is -2.06. The summed E-state index contributed by atoms with van der Waals surface area (Å²) in [7, 11) is 3.75. The van der Waals surface area contributed by atoms with Crippen molar-refractivity contribution >= 4 is 33.8 Å². The number of nitrogens with one attached hydrogen (secondary N) is 1. The average Bonchev–Trinajstić information content (AvgIpc) is 2.92. The number of hydrogen-bond donors (Lipinski definition) is 1. The fourth-order valence-electron chi connectivity index (χ4n) is 2.12. The Bertz CT molecular complexity index is 813. The van der Waals surface area contributed by atoms with E-state index in [1.807, 2.05) is 19.0 Å². The summed E-state index contributed by atoms with van der Waals surface area (Å²) < 4.78 is 0. The highest BCUT2D eigenvalue weighted by Crippen LogP contribution is 2.30. The monoisotopic (exact) mass is 365 g/mol. The van der Waals surface area contributed by atoms with E-state index in [1.165, 1.54) is 18.3 Å². The van der Waals surface area contributed by atoms with E-state index in [-0.39, 0.29) is 11.1 Å². The van der Waals surface area contributed by atoms with Gasteiger partial charge >= 0.3 is 0 Å². The second kappa shape index (κ2) is 7.32. The SMILES string of the molecule is Cc1c([N+](=O)[O-])cc(C(=O)Nc2nc(CN(C)C)cs2)cc1[N+](=O)[O-]. The lowest BCUT2D eigenvalue weighted by Crippen LogP contribution is -2.14. The Labute approximate surface area is 146 Å². The van der Waals surface area contributed by atoms with Gasteiger partial charge in [0.25, 0.3) is 17.3 Å². The standard InChI is InChI=1S/C14H15N5O5S/c1-8-11(18(21)22)4-9(5-12(8)19(23)24)13(20)16-14-15-10(7-25-14)6-17(2)3/h4-5,7H,6H2,1-3H3,(H,15,16,20). The molecule has 25 heavy (non-hydrogen) atoms. The maximum absolute atomic E-state index is 12.3. The van der Waals surface area contributed by atoms with Crippen LogP contribution in [0, 0.1) is 27.2 Å². The number of nitro benzene ring substituents is 2. The number of carbonyl (C=O) groups is 1. The Hall–Kier alpha value is -2.92. The fourth-order valence-corrected chi connectivity index (χ4v) is 2.82. The summed E-state index contributed by atoms with van der Waals surface area (Å²) in [5.41, 5.74) is -0.479. The first-order valence-corrected chi connectivity index (χ1v) is 7.91. The van der Waals surface area contributed by atoms with E-state index in [1.54, 1.807) is 5.38 Å². The van der Waals surface area contributed by atoms with Crippen molar-refractivity contribution in [3.8, 4) is 0 Å². The predicted octanol–water partition coefficient (Wildman–Crippen LogP) is 2.58. The van der Waals surface area contributed by atoms with Crippen molar-refractivity contribution in [2.75, 3.05) is 19.4 Å². The molecule has 11 heteroatoms. The van der Waals surface area contributed by atoms with Gasteiger partial charge in [-0.3, -0.25) is 30.3 Å². The zero-order valence-corrected chi connectivity index (χ0v) is 14.5. The third-order valence-electron chi connectivity index (χ3n) is 3.26. The molecule has 2 aromatic rings. The molecule has 0 radical (unpaired) electrons. The highest BCUT2D eigenvalue weighted by Gasteiger charge is 2.25. The first-order chi connectivity index (χ1) is 11.7. The Kier molecular flexibility index (Phi) is 5.39. The van der Waals surface area contributed by atoms with Crippen LogP contribution in [0.4, 0.5) is 16.5 Å². The predicted molar refractivity (Wildman–Crippen MR) is 91.9 cm³/mol. The van der Waals surface area contributed by atoms with Crippen LogP contribution in [0.5, 0.6) is 0 Å². The summed E-state index contributed by atoms with van der Waals surface area (Å²) in [5, 5.41) is 26.7. The van der Waals surface area contributed by atoms with Crippen molar-refractivity contribution in [2.45, 2.75) is 13.5 Å². The summed E-state index contributed by atoms with van der Waals surface area (Å²) >= 11 is 1.20. The first-order valence-electron chi connectivity index (χ1n) is 7.03. The summed E-state index contributed by atoms with van der Waals surface area (Å²) in [4.78, 5) is 39.1. The van der Waals surface area contributed by atoms with Gasteiger partial charge in [-0.2, -0.15) is 0 Å². The Morgan fingerprint density at radius 1 is 1.24 bits per heavy atom. The van der Waals surface area contributed by atoms with Gasteiger partial charge < -0.3 is 4.90 Å². The van der Waals surface area contributed by atoms with Crippen LogP contribution in [-0.4, -0.2) is 39.7 Å². The van der Waals surface area contributed by atoms with E-state index in [2.05, 4.69) is 10.3 Å². The molecule has 0 aliphatic rings. The minimum absolute atomic E-state index is 0.103. The molecule has 1 aromatic heterocycles. The highest BCUT2D eigenvalue weighted by atomic mass is 32.1. The van der Waals surface area contributed by atoms with Gasteiger partial charge in [-0.15, -0.1) is 11.3 Å². The second-order valence-corrected chi connectivity index (χ2v) is 6.35. The number of amides is 1. The fraction of sp³-hybridized carbons (Fsp3) is 0.286. The minimum Gasteiger partial charge on any atom is -0.304 e. The molecule has 0 bridgehead atoms. The van der Waals surface area contributed by atoms with Crippen molar-refractivity contribution in [2.24, 2.45) is 0 Å². The van der Waals surface area contributed by atoms with Gasteiger partial charge in [-0.25, -0.2) is 4.98 Å². The van der Waals surface area contributed by atoms with E-state index < -0.39 is 27.1 Å². The minimum atomic E-state index is -0.752. The molecule has 1 amide bonds. The number of rotatable bonds is 6. The van der Waals surface area contributed by atoms with Crippen molar-refractivity contribution in [1.29, 1.82) is 0 Å². The molecule has 0 aliphatic carbocycles. The van der Waals surface area contributed by atoms with Gasteiger partial charge in [0.05, 0.1) is 21.1 Å². The molecular weight excluding hydrogens is 350 g/mol. The number of aromatic nitrogens is 1. The van der Waals surface area contributed by atoms with E-state index in [4.69, 9.17) is 0 Å². The van der Waals surface area contributed by atoms with Crippen LogP contribution in [0.3, 0.4) is 0 Å². The van der Waals surface area contributed by atoms with Gasteiger partial charge in [0.15, 0.2) is 5.13 Å². The number of benzene rings is 1. The molecule has 0 atom stereocenters. The number of hydrogen-bond acceptors (Lipinski definition) is 8. The average molecular weight is 365 g/mol. The largest absolute Gasteiger partial charge is 0.304 e. The molecule has 0 saturated carbocycles. The lowest BCUT2D eigenvalue weighted by atomic mass is 10.1. The normalized spacial score (nSPS) is 10.7. The Morgan fingerprint density at radius 3 is 2.28 bits per heavy atom. The molecule has 1 aromatic carbocycles. The zero-order chi connectivity index (χ0) is 18.7. The molecule has 1 N–H and O–H groups in total. The molecule has 10 nitrogen and oxygen atoms in total. The van der Waals surface area contributed by atoms with Gasteiger partial charge in [0.2, 0.25) is 0 Å². The van der Waals surface area contributed by atoms with Gasteiger partial charge in [-0.05, 0) is 21.0 Å². The van der Waals surface area contributed by atoms with E-state index in [9.17, 15) is 25.0 Å². The maximum atomic E-state index is 12.3. The van der Waals surface area contributed by atoms with Crippen LogP contribution in [0.2, 0.25) is 0 Å². The number of nitro groups is 2. The second-order valence-electron chi connectivity index (χ2n) is 5.49. The van der Waals surface area contributed by atoms with Crippen LogP contribution in [0.25, 0.3) is 0 Å². The molecular formula is C14H15N5O5S. The van der Waals surface area contributed by atoms with Crippen LogP contribution in [0.15, 0.2) is 17.5 Å². The van der Waals surface area contributed by atoms with Crippen molar-refractivity contribution in [1.82, 2.24) is 9.88 Å². The summed E-state index contributed by atoms with van der Waals surface area (Å²) in [6.45, 7) is 1.86. The van der Waals surface area contributed by atoms with Gasteiger partial charge in [-0.1, -0.05) is 0 Å². The van der Waals surface area contributed by atoms with E-state index >= 15 is 0 Å². The smallest absolute Gasteiger partial charge is 0.279 e. The van der Waals surface area contributed by atoms with E-state index in [0.29, 0.717) is 11.7 Å². The Morgan fingerprint density at radius 2 is 1.80 bits per heavy atom. The summed E-state index contributed by atoms with van der Waals surface area (Å²) in [6.07, 6.45) is 0. The van der Waals surface area contributed by atoms with Crippen LogP contribution in [-0.2, 0) is 6.54 Å². The maximum Gasteiger partial charge on any atom is 0.279 e. The van der Waals surface area contributed by atoms with Gasteiger partial charge in [0, 0.05) is 24.1 Å².